The highest BCUT2D eigenvalue weighted by Gasteiger charge is 2.29. The SMILES string of the molecule is c1ccc(-n2nccc2CNC[C@H]2CCO[C@@H]2c2cn[nH]c2)cc1. The average molecular weight is 323 g/mol. The molecule has 0 saturated carbocycles. The summed E-state index contributed by atoms with van der Waals surface area (Å²) >= 11 is 0. The van der Waals surface area contributed by atoms with Gasteiger partial charge in [-0.15, -0.1) is 0 Å². The molecule has 0 amide bonds. The number of H-pyrrole nitrogens is 1. The van der Waals surface area contributed by atoms with Crippen LogP contribution in [0.15, 0.2) is 55.0 Å². The summed E-state index contributed by atoms with van der Waals surface area (Å²) in [5, 5.41) is 14.9. The Morgan fingerprint density at radius 1 is 1.25 bits per heavy atom. The number of nitrogens with zero attached hydrogens (tertiary/aromatic N) is 3. The number of nitrogens with one attached hydrogen (secondary N) is 2. The minimum absolute atomic E-state index is 0.135. The summed E-state index contributed by atoms with van der Waals surface area (Å²) in [6, 6.07) is 12.3. The van der Waals surface area contributed by atoms with Gasteiger partial charge >= 0.3 is 0 Å². The number of aromatic nitrogens is 4. The third-order valence-electron chi connectivity index (χ3n) is 4.50. The van der Waals surface area contributed by atoms with Crippen LogP contribution in [-0.2, 0) is 11.3 Å². The van der Waals surface area contributed by atoms with E-state index in [0.29, 0.717) is 5.92 Å². The highest BCUT2D eigenvalue weighted by molar-refractivity contribution is 5.32. The van der Waals surface area contributed by atoms with Gasteiger partial charge in [0.2, 0.25) is 0 Å². The average Bonchev–Trinajstić information content (AvgIpc) is 3.37. The molecule has 0 bridgehead atoms. The van der Waals surface area contributed by atoms with Crippen molar-refractivity contribution in [3.05, 3.63) is 66.2 Å². The van der Waals surface area contributed by atoms with E-state index in [1.807, 2.05) is 41.5 Å². The lowest BCUT2D eigenvalue weighted by Gasteiger charge is -2.18. The maximum absolute atomic E-state index is 5.87. The molecule has 3 heterocycles. The molecule has 1 saturated heterocycles. The van der Waals surface area contributed by atoms with Gasteiger partial charge in [0.15, 0.2) is 0 Å². The fourth-order valence-corrected chi connectivity index (χ4v) is 3.28. The van der Waals surface area contributed by atoms with Crippen LogP contribution < -0.4 is 5.32 Å². The van der Waals surface area contributed by atoms with Crippen LogP contribution in [0.2, 0.25) is 0 Å². The van der Waals surface area contributed by atoms with Gasteiger partial charge < -0.3 is 10.1 Å². The van der Waals surface area contributed by atoms with E-state index >= 15 is 0 Å². The van der Waals surface area contributed by atoms with E-state index in [4.69, 9.17) is 4.74 Å². The van der Waals surface area contributed by atoms with E-state index < -0.39 is 0 Å². The molecular weight excluding hydrogens is 302 g/mol. The largest absolute Gasteiger partial charge is 0.373 e. The monoisotopic (exact) mass is 323 g/mol. The molecule has 0 aliphatic carbocycles. The zero-order valence-corrected chi connectivity index (χ0v) is 13.4. The molecular formula is C18H21N5O. The first kappa shape index (κ1) is 15.1. The Morgan fingerprint density at radius 2 is 2.17 bits per heavy atom. The second-order valence-electron chi connectivity index (χ2n) is 6.07. The van der Waals surface area contributed by atoms with Crippen molar-refractivity contribution < 1.29 is 4.74 Å². The van der Waals surface area contributed by atoms with Gasteiger partial charge in [-0.05, 0) is 24.6 Å². The second-order valence-corrected chi connectivity index (χ2v) is 6.07. The molecule has 0 spiro atoms. The number of rotatable bonds is 6. The van der Waals surface area contributed by atoms with Crippen molar-refractivity contribution >= 4 is 0 Å². The van der Waals surface area contributed by atoms with Gasteiger partial charge in [0.1, 0.15) is 0 Å². The van der Waals surface area contributed by atoms with Crippen molar-refractivity contribution in [2.24, 2.45) is 5.92 Å². The predicted molar refractivity (Wildman–Crippen MR) is 90.7 cm³/mol. The first-order valence-corrected chi connectivity index (χ1v) is 8.31. The van der Waals surface area contributed by atoms with E-state index in [0.717, 1.165) is 43.1 Å². The van der Waals surface area contributed by atoms with Crippen LogP contribution >= 0.6 is 0 Å². The van der Waals surface area contributed by atoms with E-state index in [-0.39, 0.29) is 6.10 Å². The van der Waals surface area contributed by atoms with Gasteiger partial charge in [-0.1, -0.05) is 18.2 Å². The van der Waals surface area contributed by atoms with Crippen molar-refractivity contribution in [2.75, 3.05) is 13.2 Å². The Morgan fingerprint density at radius 3 is 3.00 bits per heavy atom. The highest BCUT2D eigenvalue weighted by Crippen LogP contribution is 2.33. The van der Waals surface area contributed by atoms with Crippen molar-refractivity contribution in [1.82, 2.24) is 25.3 Å². The molecule has 2 N–H and O–H groups in total. The van der Waals surface area contributed by atoms with Crippen LogP contribution in [0.5, 0.6) is 0 Å². The molecule has 24 heavy (non-hydrogen) atoms. The van der Waals surface area contributed by atoms with Crippen LogP contribution in [0, 0.1) is 5.92 Å². The van der Waals surface area contributed by atoms with Gasteiger partial charge in [0, 0.05) is 43.6 Å². The van der Waals surface area contributed by atoms with Crippen LogP contribution in [0.3, 0.4) is 0 Å². The quantitative estimate of drug-likeness (QED) is 0.731. The molecule has 1 fully saturated rings. The molecule has 0 unspecified atom stereocenters. The molecule has 4 rings (SSSR count). The van der Waals surface area contributed by atoms with Crippen molar-refractivity contribution in [1.29, 1.82) is 0 Å². The first-order chi connectivity index (χ1) is 11.9. The van der Waals surface area contributed by atoms with E-state index in [1.165, 1.54) is 0 Å². The lowest BCUT2D eigenvalue weighted by Crippen LogP contribution is -2.25. The van der Waals surface area contributed by atoms with E-state index in [2.05, 4.69) is 38.8 Å². The molecule has 2 atom stereocenters. The molecule has 1 aliphatic heterocycles. The molecule has 124 valence electrons. The number of benzene rings is 1. The summed E-state index contributed by atoms with van der Waals surface area (Å²) in [6.07, 6.45) is 6.83. The smallest absolute Gasteiger partial charge is 0.0896 e. The lowest BCUT2D eigenvalue weighted by atomic mass is 9.97. The minimum atomic E-state index is 0.135. The molecule has 6 nitrogen and oxygen atoms in total. The van der Waals surface area contributed by atoms with E-state index in [9.17, 15) is 0 Å². The normalized spacial score (nSPS) is 20.5. The topological polar surface area (TPSA) is 67.8 Å². The standard InChI is InChI=1S/C18H21N5O/c1-2-4-16(5-3-1)23-17(6-8-22-23)13-19-10-14-7-9-24-18(14)15-11-20-21-12-15/h1-6,8,11-12,14,18-19H,7,9-10,13H2,(H,20,21)/t14-,18+/m1/s1. The van der Waals surface area contributed by atoms with Crippen molar-refractivity contribution in [2.45, 2.75) is 19.1 Å². The Labute approximate surface area is 140 Å². The van der Waals surface area contributed by atoms with Gasteiger partial charge in [-0.2, -0.15) is 10.2 Å². The zero-order valence-electron chi connectivity index (χ0n) is 13.4. The zero-order chi connectivity index (χ0) is 16.2. The number of hydrogen-bond donors (Lipinski definition) is 2. The van der Waals surface area contributed by atoms with Gasteiger partial charge in [-0.25, -0.2) is 4.68 Å². The van der Waals surface area contributed by atoms with Crippen molar-refractivity contribution in [3.63, 3.8) is 0 Å². The fraction of sp³-hybridized carbons (Fsp3) is 0.333. The number of aromatic amines is 1. The summed E-state index contributed by atoms with van der Waals surface area (Å²) in [7, 11) is 0. The van der Waals surface area contributed by atoms with Crippen LogP contribution in [-0.4, -0.2) is 33.1 Å². The number of hydrogen-bond acceptors (Lipinski definition) is 4. The third kappa shape index (κ3) is 3.11. The van der Waals surface area contributed by atoms with Gasteiger partial charge in [0.05, 0.1) is 23.7 Å². The van der Waals surface area contributed by atoms with Gasteiger partial charge in [-0.3, -0.25) is 5.10 Å². The molecule has 1 aliphatic rings. The Bertz CT molecular complexity index is 753. The maximum Gasteiger partial charge on any atom is 0.0896 e. The summed E-state index contributed by atoms with van der Waals surface area (Å²) in [5.41, 5.74) is 3.37. The third-order valence-corrected chi connectivity index (χ3v) is 4.50. The molecule has 1 aromatic carbocycles. The van der Waals surface area contributed by atoms with Crippen molar-refractivity contribution in [3.8, 4) is 5.69 Å². The summed E-state index contributed by atoms with van der Waals surface area (Å²) in [4.78, 5) is 0. The van der Waals surface area contributed by atoms with Crippen LogP contribution in [0.25, 0.3) is 5.69 Å². The summed E-state index contributed by atoms with van der Waals surface area (Å²) < 4.78 is 7.85. The Hall–Kier alpha value is -2.44. The first-order valence-electron chi connectivity index (χ1n) is 8.31. The van der Waals surface area contributed by atoms with E-state index in [1.54, 1.807) is 0 Å². The van der Waals surface area contributed by atoms with Crippen LogP contribution in [0.4, 0.5) is 0 Å². The lowest BCUT2D eigenvalue weighted by molar-refractivity contribution is 0.0904. The predicted octanol–water partition coefficient (Wildman–Crippen LogP) is 2.46. The van der Waals surface area contributed by atoms with Gasteiger partial charge in [0.25, 0.3) is 0 Å². The molecule has 2 aromatic heterocycles. The summed E-state index contributed by atoms with van der Waals surface area (Å²) in [6.45, 7) is 2.50. The second kappa shape index (κ2) is 6.98. The minimum Gasteiger partial charge on any atom is -0.373 e. The molecule has 0 radical (unpaired) electrons. The number of ether oxygens (including phenoxy) is 1. The maximum atomic E-state index is 5.87. The highest BCUT2D eigenvalue weighted by atomic mass is 16.5. The Balaban J connectivity index is 1.37. The summed E-state index contributed by atoms with van der Waals surface area (Å²) in [5.74, 6) is 0.468. The molecule has 3 aromatic rings. The Kier molecular flexibility index (Phi) is 4.40. The number of para-hydroxylation sites is 1. The fourth-order valence-electron chi connectivity index (χ4n) is 3.28. The van der Waals surface area contributed by atoms with Crippen LogP contribution in [0.1, 0.15) is 23.8 Å². The molecule has 6 heteroatoms.